The van der Waals surface area contributed by atoms with E-state index in [2.05, 4.69) is 10.3 Å². The Hall–Kier alpha value is -2.45. The van der Waals surface area contributed by atoms with Crippen LogP contribution in [0, 0.1) is 5.92 Å². The summed E-state index contributed by atoms with van der Waals surface area (Å²) in [6, 6.07) is 3.03. The van der Waals surface area contributed by atoms with E-state index in [1.165, 1.54) is 11.0 Å². The summed E-state index contributed by atoms with van der Waals surface area (Å²) < 4.78 is 32.2. The van der Waals surface area contributed by atoms with E-state index in [0.29, 0.717) is 18.2 Å². The maximum atomic E-state index is 13.2. The molecule has 1 aromatic rings. The van der Waals surface area contributed by atoms with Gasteiger partial charge in [-0.25, -0.2) is 13.8 Å². The van der Waals surface area contributed by atoms with Gasteiger partial charge in [0.05, 0.1) is 19.7 Å². The molecule has 148 valence electrons. The van der Waals surface area contributed by atoms with Gasteiger partial charge in [-0.2, -0.15) is 0 Å². The van der Waals surface area contributed by atoms with Gasteiger partial charge < -0.3 is 20.7 Å². The second kappa shape index (κ2) is 6.94. The number of alkyl halides is 2. The zero-order valence-electron chi connectivity index (χ0n) is 15.4. The number of anilines is 1. The Balaban J connectivity index is 1.76. The molecular weight excluding hydrogens is 358 g/mol. The van der Waals surface area contributed by atoms with E-state index in [4.69, 9.17) is 10.5 Å². The van der Waals surface area contributed by atoms with Gasteiger partial charge in [0, 0.05) is 12.0 Å². The van der Waals surface area contributed by atoms with Crippen molar-refractivity contribution in [3.63, 3.8) is 0 Å². The summed E-state index contributed by atoms with van der Waals surface area (Å²) in [6.45, 7) is 3.01. The van der Waals surface area contributed by atoms with Gasteiger partial charge in [-0.15, -0.1) is 0 Å². The highest BCUT2D eigenvalue weighted by atomic mass is 19.3. The smallest absolute Gasteiger partial charge is 0.282 e. The average Bonchev–Trinajstić information content (AvgIpc) is 3.32. The van der Waals surface area contributed by atoms with Gasteiger partial charge in [-0.1, -0.05) is 0 Å². The van der Waals surface area contributed by atoms with Crippen LogP contribution in [0.1, 0.15) is 43.6 Å². The van der Waals surface area contributed by atoms with Crippen LogP contribution < -0.4 is 20.7 Å². The third kappa shape index (κ3) is 5.05. The second-order valence-electron chi connectivity index (χ2n) is 7.97. The van der Waals surface area contributed by atoms with Crippen LogP contribution >= 0.6 is 0 Å². The summed E-state index contributed by atoms with van der Waals surface area (Å²) in [4.78, 5) is 29.3. The highest BCUT2D eigenvalue weighted by Gasteiger charge is 2.45. The van der Waals surface area contributed by atoms with Crippen molar-refractivity contribution in [1.82, 2.24) is 10.3 Å². The standard InChI is InChI=1S/C18H24F2N4O3/c1-17(2,7-14(21)25)23-15(26)12-5-6-13(24-9-18(19,20)10-24)16(22-12)27-8-11-3-4-11/h5-6,11H,3-4,7-10H2,1-2H3,(H2,21,25)(H,23,26). The van der Waals surface area contributed by atoms with Crippen LogP contribution in [0.15, 0.2) is 12.1 Å². The summed E-state index contributed by atoms with van der Waals surface area (Å²) in [5.41, 5.74) is 4.90. The van der Waals surface area contributed by atoms with E-state index < -0.39 is 36.4 Å². The first-order valence-corrected chi connectivity index (χ1v) is 8.92. The average molecular weight is 382 g/mol. The third-order valence-corrected chi connectivity index (χ3v) is 4.48. The Morgan fingerprint density at radius 2 is 2.04 bits per heavy atom. The van der Waals surface area contributed by atoms with Crippen molar-refractivity contribution in [3.05, 3.63) is 17.8 Å². The zero-order valence-corrected chi connectivity index (χ0v) is 15.4. The molecule has 2 fully saturated rings. The van der Waals surface area contributed by atoms with Crippen LogP contribution in [0.5, 0.6) is 5.88 Å². The van der Waals surface area contributed by atoms with E-state index in [-0.39, 0.29) is 18.0 Å². The number of pyridine rings is 1. The first-order valence-electron chi connectivity index (χ1n) is 8.92. The molecule has 7 nitrogen and oxygen atoms in total. The number of carbonyl (C=O) groups excluding carboxylic acids is 2. The van der Waals surface area contributed by atoms with Crippen molar-refractivity contribution >= 4 is 17.5 Å². The summed E-state index contributed by atoms with van der Waals surface area (Å²) in [5, 5.41) is 2.71. The van der Waals surface area contributed by atoms with Crippen molar-refractivity contribution in [1.29, 1.82) is 0 Å². The maximum absolute atomic E-state index is 13.2. The molecule has 0 unspecified atom stereocenters. The molecule has 27 heavy (non-hydrogen) atoms. The number of nitrogens with two attached hydrogens (primary N) is 1. The highest BCUT2D eigenvalue weighted by Crippen LogP contribution is 2.37. The lowest BCUT2D eigenvalue weighted by Crippen LogP contribution is -2.56. The molecule has 3 N–H and O–H groups in total. The molecule has 1 aliphatic carbocycles. The molecule has 1 aromatic heterocycles. The molecule has 1 aliphatic heterocycles. The quantitative estimate of drug-likeness (QED) is 0.713. The van der Waals surface area contributed by atoms with Gasteiger partial charge in [0.15, 0.2) is 0 Å². The van der Waals surface area contributed by atoms with Gasteiger partial charge in [0.2, 0.25) is 11.8 Å². The molecule has 2 aliphatic rings. The lowest BCUT2D eigenvalue weighted by Gasteiger charge is -2.40. The summed E-state index contributed by atoms with van der Waals surface area (Å²) >= 11 is 0. The molecule has 0 atom stereocenters. The van der Waals surface area contributed by atoms with Gasteiger partial charge in [0.25, 0.3) is 11.8 Å². The van der Waals surface area contributed by atoms with Crippen molar-refractivity contribution in [2.24, 2.45) is 11.7 Å². The number of hydrogen-bond acceptors (Lipinski definition) is 5. The third-order valence-electron chi connectivity index (χ3n) is 4.48. The largest absolute Gasteiger partial charge is 0.476 e. The van der Waals surface area contributed by atoms with Gasteiger partial charge in [-0.05, 0) is 44.7 Å². The van der Waals surface area contributed by atoms with Gasteiger partial charge in [-0.3, -0.25) is 9.59 Å². The first kappa shape index (κ1) is 19.3. The molecule has 0 aromatic carbocycles. The monoisotopic (exact) mass is 382 g/mol. The maximum Gasteiger partial charge on any atom is 0.282 e. The lowest BCUT2D eigenvalue weighted by atomic mass is 10.00. The summed E-state index contributed by atoms with van der Waals surface area (Å²) in [7, 11) is 0. The van der Waals surface area contributed by atoms with Crippen molar-refractivity contribution in [3.8, 4) is 5.88 Å². The number of primary amides is 1. The number of rotatable bonds is 8. The Morgan fingerprint density at radius 1 is 1.37 bits per heavy atom. The molecule has 0 radical (unpaired) electrons. The van der Waals surface area contributed by atoms with Crippen molar-refractivity contribution in [2.75, 3.05) is 24.6 Å². The predicted octanol–water partition coefficient (Wildman–Crippen LogP) is 1.71. The highest BCUT2D eigenvalue weighted by molar-refractivity contribution is 5.93. The summed E-state index contributed by atoms with van der Waals surface area (Å²) in [6.07, 6.45) is 2.11. The van der Waals surface area contributed by atoms with Gasteiger partial charge in [0.1, 0.15) is 11.4 Å². The topological polar surface area (TPSA) is 97.5 Å². The number of carbonyl (C=O) groups is 2. The summed E-state index contributed by atoms with van der Waals surface area (Å²) in [5.74, 6) is -3.11. The Kier molecular flexibility index (Phi) is 4.96. The van der Waals surface area contributed by atoms with Crippen LogP contribution in [0.3, 0.4) is 0 Å². The fourth-order valence-corrected chi connectivity index (χ4v) is 2.92. The van der Waals surface area contributed by atoms with E-state index in [9.17, 15) is 18.4 Å². The molecule has 9 heteroatoms. The number of nitrogens with one attached hydrogen (secondary N) is 1. The number of amides is 2. The van der Waals surface area contributed by atoms with Crippen molar-refractivity contribution < 1.29 is 23.1 Å². The van der Waals surface area contributed by atoms with E-state index in [0.717, 1.165) is 12.8 Å². The number of hydrogen-bond donors (Lipinski definition) is 2. The second-order valence-corrected chi connectivity index (χ2v) is 7.97. The molecule has 0 spiro atoms. The molecule has 2 amide bonds. The number of nitrogens with zero attached hydrogens (tertiary/aromatic N) is 2. The van der Waals surface area contributed by atoms with Crippen LogP contribution in [0.25, 0.3) is 0 Å². The molecule has 0 bridgehead atoms. The van der Waals surface area contributed by atoms with Crippen LogP contribution in [0.2, 0.25) is 0 Å². The normalized spacial score (nSPS) is 18.6. The minimum absolute atomic E-state index is 0.0231. The predicted molar refractivity (Wildman–Crippen MR) is 95.0 cm³/mol. The molecule has 1 saturated heterocycles. The fourth-order valence-electron chi connectivity index (χ4n) is 2.92. The van der Waals surface area contributed by atoms with Crippen molar-refractivity contribution in [2.45, 2.75) is 44.6 Å². The Bertz CT molecular complexity index is 742. The minimum Gasteiger partial charge on any atom is -0.476 e. The minimum atomic E-state index is -2.72. The molecule has 1 saturated carbocycles. The molecule has 2 heterocycles. The van der Waals surface area contributed by atoms with E-state index >= 15 is 0 Å². The Morgan fingerprint density at radius 3 is 2.59 bits per heavy atom. The lowest BCUT2D eigenvalue weighted by molar-refractivity contribution is -0.119. The zero-order chi connectivity index (χ0) is 19.8. The van der Waals surface area contributed by atoms with Crippen LogP contribution in [0.4, 0.5) is 14.5 Å². The van der Waals surface area contributed by atoms with E-state index in [1.807, 2.05) is 0 Å². The molecular formula is C18H24F2N4O3. The molecule has 3 rings (SSSR count). The van der Waals surface area contributed by atoms with Gasteiger partial charge >= 0.3 is 0 Å². The van der Waals surface area contributed by atoms with Crippen LogP contribution in [-0.4, -0.2) is 48.0 Å². The number of aromatic nitrogens is 1. The van der Waals surface area contributed by atoms with E-state index in [1.54, 1.807) is 19.9 Å². The number of ether oxygens (including phenoxy) is 1. The fraction of sp³-hybridized carbons (Fsp3) is 0.611. The first-order chi connectivity index (χ1) is 12.5. The Labute approximate surface area is 156 Å². The SMILES string of the molecule is CC(C)(CC(N)=O)NC(=O)c1ccc(N2CC(F)(F)C2)c(OCC2CC2)n1. The van der Waals surface area contributed by atoms with Crippen LogP contribution in [-0.2, 0) is 4.79 Å². The number of halogens is 2.